The molecule has 0 fully saturated rings. The van der Waals surface area contributed by atoms with Crippen LogP contribution in [0, 0.1) is 5.82 Å². The molecule has 0 saturated heterocycles. The van der Waals surface area contributed by atoms with Crippen LogP contribution in [0.5, 0.6) is 0 Å². The molecule has 1 N–H and O–H groups in total. The van der Waals surface area contributed by atoms with E-state index in [2.05, 4.69) is 3.63 Å². The summed E-state index contributed by atoms with van der Waals surface area (Å²) in [7, 11) is -9.08. The molecule has 3 aromatic carbocycles. The van der Waals surface area contributed by atoms with Gasteiger partial charge in [-0.05, 0) is 61.4 Å². The monoisotopic (exact) mass is 687 g/mol. The predicted octanol–water partition coefficient (Wildman–Crippen LogP) is 10.5. The third-order valence-corrected chi connectivity index (χ3v) is 13.0. The van der Waals surface area contributed by atoms with E-state index in [4.69, 9.17) is 16.3 Å². The van der Waals surface area contributed by atoms with E-state index in [9.17, 15) is 17.6 Å². The van der Waals surface area contributed by atoms with E-state index in [-0.39, 0.29) is 11.5 Å². The summed E-state index contributed by atoms with van der Waals surface area (Å²) in [6.45, 7) is -0.320. The first-order valence-corrected chi connectivity index (χ1v) is 19.0. The van der Waals surface area contributed by atoms with Crippen molar-refractivity contribution in [2.75, 3.05) is 12.5 Å². The van der Waals surface area contributed by atoms with Crippen LogP contribution in [0.15, 0.2) is 99.6 Å². The van der Waals surface area contributed by atoms with Crippen LogP contribution in [0.2, 0.25) is 0 Å². The lowest BCUT2D eigenvalue weighted by Crippen LogP contribution is -2.42. The molecular formula is C34H43ClF3O5S2+. The molecule has 45 heavy (non-hydrogen) atoms. The molecule has 0 aliphatic carbocycles. The van der Waals surface area contributed by atoms with Crippen molar-refractivity contribution in [3.63, 3.8) is 0 Å². The van der Waals surface area contributed by atoms with Gasteiger partial charge in [-0.2, -0.15) is 8.78 Å². The van der Waals surface area contributed by atoms with Gasteiger partial charge in [0.25, 0.3) is 0 Å². The van der Waals surface area contributed by atoms with Gasteiger partial charge in [0, 0.05) is 5.88 Å². The van der Waals surface area contributed by atoms with Crippen molar-refractivity contribution in [3.05, 3.63) is 90.7 Å². The topological polar surface area (TPSA) is 73.2 Å². The van der Waals surface area contributed by atoms with Crippen LogP contribution in [0.1, 0.15) is 77.0 Å². The van der Waals surface area contributed by atoms with Gasteiger partial charge in [-0.3, -0.25) is 3.63 Å². The zero-order valence-electron chi connectivity index (χ0n) is 25.4. The number of carbonyl (C=O) groups excluding carboxylic acids is 1. The van der Waals surface area contributed by atoms with Crippen molar-refractivity contribution < 1.29 is 34.7 Å². The van der Waals surface area contributed by atoms with E-state index in [1.165, 1.54) is 44.2 Å². The van der Waals surface area contributed by atoms with Crippen molar-refractivity contribution >= 4 is 38.0 Å². The number of hydrogen-bond donors (Lipinski definition) is 0. The molecular weight excluding hydrogens is 645 g/mol. The first-order valence-electron chi connectivity index (χ1n) is 15.4. The smallest absolute Gasteiger partial charge is 0.460 e. The lowest BCUT2D eigenvalue weighted by atomic mass is 10.1. The van der Waals surface area contributed by atoms with Crippen LogP contribution in [-0.2, 0) is 19.6 Å². The summed E-state index contributed by atoms with van der Waals surface area (Å²) in [6.07, 6.45) is 12.2. The molecule has 11 heteroatoms. The van der Waals surface area contributed by atoms with Gasteiger partial charge in [-0.1, -0.05) is 101 Å². The van der Waals surface area contributed by atoms with Gasteiger partial charge in [0.2, 0.25) is 0 Å². The normalized spacial score (nSPS) is 12.6. The number of rotatable bonds is 21. The number of carbonyl (C=O) groups is 1. The quantitative estimate of drug-likeness (QED) is 0.0367. The molecule has 3 rings (SSSR count). The van der Waals surface area contributed by atoms with Gasteiger partial charge in [-0.15, -0.1) is 20.0 Å². The lowest BCUT2D eigenvalue weighted by molar-refractivity contribution is -0.161. The third kappa shape index (κ3) is 10.5. The minimum atomic E-state index is -5.79. The van der Waals surface area contributed by atoms with Crippen LogP contribution in [-0.4, -0.2) is 35.8 Å². The Morgan fingerprint density at radius 3 is 1.49 bits per heavy atom. The molecule has 0 bridgehead atoms. The van der Waals surface area contributed by atoms with Gasteiger partial charge in [-0.25, -0.2) is 9.18 Å². The summed E-state index contributed by atoms with van der Waals surface area (Å²) in [4.78, 5) is 13.4. The summed E-state index contributed by atoms with van der Waals surface area (Å²) >= 11 is 5.69. The number of ether oxygens (including phenoxy) is 1. The number of hydrogen-bond acceptors (Lipinski definition) is 4. The van der Waals surface area contributed by atoms with Gasteiger partial charge in [0.15, 0.2) is 0 Å². The van der Waals surface area contributed by atoms with Gasteiger partial charge in [0.05, 0.1) is 31.6 Å². The SMILES string of the molecule is O=C(OCCCCCCCCCCCCCCCl)C(F)(F)S(=O)(=O)[OH+]S(c1ccccc1)(c1ccccc1)c1ccc(F)cc1. The zero-order valence-corrected chi connectivity index (χ0v) is 27.8. The molecule has 3 aromatic rings. The molecule has 0 heterocycles. The molecule has 0 saturated carbocycles. The van der Waals surface area contributed by atoms with E-state index in [1.54, 1.807) is 60.7 Å². The van der Waals surface area contributed by atoms with Crippen molar-refractivity contribution in [2.24, 2.45) is 0 Å². The van der Waals surface area contributed by atoms with E-state index in [1.807, 2.05) is 0 Å². The number of unbranched alkanes of at least 4 members (excludes halogenated alkanes) is 11. The fourth-order valence-electron chi connectivity index (χ4n) is 4.92. The van der Waals surface area contributed by atoms with Crippen LogP contribution in [0.4, 0.5) is 13.2 Å². The number of halogens is 4. The maximum absolute atomic E-state index is 15.4. The number of benzene rings is 3. The lowest BCUT2D eigenvalue weighted by Gasteiger charge is -2.35. The highest BCUT2D eigenvalue weighted by atomic mass is 35.5. The van der Waals surface area contributed by atoms with E-state index in [0.717, 1.165) is 50.1 Å². The maximum atomic E-state index is 15.4. The molecule has 0 aliphatic heterocycles. The highest BCUT2D eigenvalue weighted by Gasteiger charge is 2.63. The van der Waals surface area contributed by atoms with E-state index < -0.39 is 37.5 Å². The second kappa shape index (κ2) is 18.6. The molecule has 0 amide bonds. The van der Waals surface area contributed by atoms with Crippen molar-refractivity contribution in [3.8, 4) is 0 Å². The van der Waals surface area contributed by atoms with Crippen molar-refractivity contribution in [1.29, 1.82) is 0 Å². The van der Waals surface area contributed by atoms with Gasteiger partial charge in [0.1, 0.15) is 5.82 Å². The van der Waals surface area contributed by atoms with Crippen LogP contribution < -0.4 is 0 Å². The number of alkyl halides is 3. The Morgan fingerprint density at radius 2 is 1.04 bits per heavy atom. The second-order valence-electron chi connectivity index (χ2n) is 10.8. The largest absolute Gasteiger partial charge is 0.514 e. The van der Waals surface area contributed by atoms with Crippen molar-refractivity contribution in [1.82, 2.24) is 0 Å². The molecule has 248 valence electrons. The second-order valence-corrected chi connectivity index (χ2v) is 15.8. The summed E-state index contributed by atoms with van der Waals surface area (Å²) in [5, 5.41) is -4.93. The Kier molecular flexibility index (Phi) is 15.2. The average molecular weight is 688 g/mol. The Morgan fingerprint density at radius 1 is 0.644 bits per heavy atom. The molecule has 0 aromatic heterocycles. The zero-order chi connectivity index (χ0) is 32.6. The van der Waals surface area contributed by atoms with E-state index >= 15 is 8.78 Å². The third-order valence-electron chi connectivity index (χ3n) is 7.36. The first-order chi connectivity index (χ1) is 21.6. The predicted molar refractivity (Wildman–Crippen MR) is 175 cm³/mol. The summed E-state index contributed by atoms with van der Waals surface area (Å²) < 4.78 is 80.1. The standard InChI is InChI=1S/C34H42ClF3O5S2/c35-27-17-9-7-5-3-1-2-4-6-8-10-18-28-42-33(39)34(37,38)45(40,41)43-44(30-19-13-11-14-20-30,31-21-15-12-16-22-31)32-25-23-29(36)24-26-32/h11-16,19-26H,1-10,17-18,27-28H2/p+1. The molecule has 0 radical (unpaired) electrons. The van der Waals surface area contributed by atoms with Gasteiger partial charge >= 0.3 is 21.3 Å². The molecule has 5 nitrogen and oxygen atoms in total. The van der Waals surface area contributed by atoms with Crippen LogP contribution in [0.25, 0.3) is 0 Å². The fraction of sp³-hybridized carbons (Fsp3) is 0.441. The first kappa shape index (κ1) is 36.9. The summed E-state index contributed by atoms with van der Waals surface area (Å²) in [6, 6.07) is 21.1. The Labute approximate surface area is 272 Å². The molecule has 0 atom stereocenters. The molecule has 0 unspecified atom stereocenters. The Hall–Kier alpha value is -2.53. The Bertz CT molecular complexity index is 1350. The van der Waals surface area contributed by atoms with Crippen molar-refractivity contribution in [2.45, 2.75) is 97.0 Å². The highest BCUT2D eigenvalue weighted by Crippen LogP contribution is 2.68. The van der Waals surface area contributed by atoms with Gasteiger partial charge < -0.3 is 4.74 Å². The van der Waals surface area contributed by atoms with Crippen LogP contribution >= 0.6 is 21.9 Å². The van der Waals surface area contributed by atoms with Crippen LogP contribution in [0.3, 0.4) is 0 Å². The average Bonchev–Trinajstić information content (AvgIpc) is 3.04. The minimum Gasteiger partial charge on any atom is -0.460 e. The fourth-order valence-corrected chi connectivity index (χ4v) is 10.4. The summed E-state index contributed by atoms with van der Waals surface area (Å²) in [5.41, 5.74) is 0. The Balaban J connectivity index is 1.62. The minimum absolute atomic E-state index is 0.205. The molecule has 0 spiro atoms. The summed E-state index contributed by atoms with van der Waals surface area (Å²) in [5.74, 6) is -2.03. The number of esters is 1. The maximum Gasteiger partial charge on any atom is 0.514 e. The van der Waals surface area contributed by atoms with E-state index in [0.29, 0.717) is 22.6 Å². The molecule has 0 aliphatic rings. The highest BCUT2D eigenvalue weighted by molar-refractivity contribution is 8.32.